The molecule has 0 unspecified atom stereocenters. The van der Waals surface area contributed by atoms with Crippen molar-refractivity contribution in [2.45, 2.75) is 37.2 Å². The summed E-state index contributed by atoms with van der Waals surface area (Å²) in [5.41, 5.74) is 1.48. The van der Waals surface area contributed by atoms with Crippen LogP contribution >= 0.6 is 0 Å². The number of hydrogen-bond acceptors (Lipinski definition) is 3. The van der Waals surface area contributed by atoms with Crippen LogP contribution in [0.4, 0.5) is 18.0 Å². The molecule has 7 heteroatoms. The van der Waals surface area contributed by atoms with Crippen molar-refractivity contribution in [3.63, 3.8) is 0 Å². The van der Waals surface area contributed by atoms with Crippen LogP contribution < -0.4 is 5.32 Å². The number of rotatable bonds is 3. The molecule has 2 aromatic rings. The Morgan fingerprint density at radius 2 is 2.03 bits per heavy atom. The van der Waals surface area contributed by atoms with E-state index < -0.39 is 17.6 Å². The third-order valence-electron chi connectivity index (χ3n) is 6.93. The number of halogens is 3. The standard InChI is InChI=1S/C24H23F3N2O2/c25-18-3-1-2-15(10-18)16-4-5-19(28-13-16)6-7-21-20-8-9-24(26,27)12-17(20)11-23(21)14-29-22(30)31-23/h1-7,10,13,17,20-21H,8-9,11-12,14H2,(H,29,30)/b7-6+/t17-,20-,21+,23+/m1/s1. The molecular weight excluding hydrogens is 405 g/mol. The Bertz CT molecular complexity index is 1020. The molecule has 3 aliphatic rings. The topological polar surface area (TPSA) is 51.2 Å². The molecule has 2 heterocycles. The summed E-state index contributed by atoms with van der Waals surface area (Å²) in [5, 5.41) is 2.71. The van der Waals surface area contributed by atoms with Gasteiger partial charge in [0.1, 0.15) is 11.4 Å². The average molecular weight is 428 g/mol. The molecule has 5 rings (SSSR count). The van der Waals surface area contributed by atoms with Crippen LogP contribution in [0.15, 0.2) is 48.7 Å². The predicted octanol–water partition coefficient (Wildman–Crippen LogP) is 5.45. The lowest BCUT2D eigenvalue weighted by atomic mass is 9.75. The molecule has 31 heavy (non-hydrogen) atoms. The molecule has 1 spiro atoms. The smallest absolute Gasteiger partial charge is 0.407 e. The van der Waals surface area contributed by atoms with Gasteiger partial charge >= 0.3 is 6.09 Å². The number of nitrogens with zero attached hydrogens (tertiary/aromatic N) is 1. The van der Waals surface area contributed by atoms with Crippen molar-refractivity contribution in [1.29, 1.82) is 0 Å². The lowest BCUT2D eigenvalue weighted by molar-refractivity contribution is -0.0659. The van der Waals surface area contributed by atoms with Crippen molar-refractivity contribution in [2.24, 2.45) is 17.8 Å². The maximum absolute atomic E-state index is 14.0. The van der Waals surface area contributed by atoms with E-state index in [0.29, 0.717) is 25.1 Å². The van der Waals surface area contributed by atoms with Gasteiger partial charge in [0.2, 0.25) is 5.92 Å². The van der Waals surface area contributed by atoms with Gasteiger partial charge in [0.05, 0.1) is 12.2 Å². The third kappa shape index (κ3) is 3.82. The fraction of sp³-hybridized carbons (Fsp3) is 0.417. The molecule has 1 saturated heterocycles. The van der Waals surface area contributed by atoms with E-state index in [4.69, 9.17) is 4.74 Å². The Morgan fingerprint density at radius 3 is 2.74 bits per heavy atom. The maximum Gasteiger partial charge on any atom is 0.407 e. The van der Waals surface area contributed by atoms with Gasteiger partial charge < -0.3 is 10.1 Å². The molecule has 1 aromatic carbocycles. The number of ether oxygens (including phenoxy) is 1. The van der Waals surface area contributed by atoms with Crippen molar-refractivity contribution < 1.29 is 22.7 Å². The first-order valence-electron chi connectivity index (χ1n) is 10.6. The number of carbonyl (C=O) groups is 1. The van der Waals surface area contributed by atoms with Crippen LogP contribution in [0.25, 0.3) is 17.2 Å². The summed E-state index contributed by atoms with van der Waals surface area (Å²) in [6.07, 6.45) is 5.62. The molecule has 1 N–H and O–H groups in total. The largest absolute Gasteiger partial charge is 0.440 e. The number of hydrogen-bond donors (Lipinski definition) is 1. The van der Waals surface area contributed by atoms with Gasteiger partial charge in [-0.2, -0.15) is 0 Å². The monoisotopic (exact) mass is 428 g/mol. The lowest BCUT2D eigenvalue weighted by Gasteiger charge is -2.34. The van der Waals surface area contributed by atoms with E-state index in [-0.39, 0.29) is 36.4 Å². The second-order valence-electron chi connectivity index (χ2n) is 8.90. The molecule has 162 valence electrons. The fourth-order valence-electron chi connectivity index (χ4n) is 5.56. The number of alkyl halides is 2. The second kappa shape index (κ2) is 7.39. The number of alkyl carbamates (subject to hydrolysis) is 1. The van der Waals surface area contributed by atoms with E-state index in [2.05, 4.69) is 10.3 Å². The van der Waals surface area contributed by atoms with Gasteiger partial charge in [-0.25, -0.2) is 18.0 Å². The minimum absolute atomic E-state index is 0.0511. The number of nitrogens with one attached hydrogen (secondary N) is 1. The quantitative estimate of drug-likeness (QED) is 0.707. The lowest BCUT2D eigenvalue weighted by Crippen LogP contribution is -2.38. The molecular formula is C24H23F3N2O2. The summed E-state index contributed by atoms with van der Waals surface area (Å²) in [4.78, 5) is 16.3. The van der Waals surface area contributed by atoms with Crippen LogP contribution in [0.2, 0.25) is 0 Å². The molecule has 0 radical (unpaired) electrons. The van der Waals surface area contributed by atoms with E-state index in [1.54, 1.807) is 12.3 Å². The van der Waals surface area contributed by atoms with Gasteiger partial charge in [0, 0.05) is 30.5 Å². The molecule has 1 aliphatic heterocycles. The highest BCUT2D eigenvalue weighted by Crippen LogP contribution is 2.56. The van der Waals surface area contributed by atoms with Crippen LogP contribution in [0.5, 0.6) is 0 Å². The summed E-state index contributed by atoms with van der Waals surface area (Å²) < 4.78 is 47.1. The van der Waals surface area contributed by atoms with Crippen molar-refractivity contribution in [3.05, 3.63) is 60.2 Å². The molecule has 1 aromatic heterocycles. The summed E-state index contributed by atoms with van der Waals surface area (Å²) in [7, 11) is 0. The fourth-order valence-corrected chi connectivity index (χ4v) is 5.56. The van der Waals surface area contributed by atoms with Crippen molar-refractivity contribution in [2.75, 3.05) is 6.54 Å². The van der Waals surface area contributed by atoms with Crippen molar-refractivity contribution in [3.8, 4) is 11.1 Å². The van der Waals surface area contributed by atoms with E-state index in [0.717, 1.165) is 11.1 Å². The molecule has 4 atom stereocenters. The number of fused-ring (bicyclic) bond motifs is 1. The van der Waals surface area contributed by atoms with Crippen LogP contribution in [0.3, 0.4) is 0 Å². The Kier molecular flexibility index (Phi) is 4.79. The zero-order valence-electron chi connectivity index (χ0n) is 16.9. The molecule has 1 amide bonds. The minimum Gasteiger partial charge on any atom is -0.440 e. The zero-order valence-corrected chi connectivity index (χ0v) is 16.9. The molecule has 2 aliphatic carbocycles. The van der Waals surface area contributed by atoms with Crippen LogP contribution in [-0.2, 0) is 4.74 Å². The zero-order chi connectivity index (χ0) is 21.6. The van der Waals surface area contributed by atoms with Gasteiger partial charge in [-0.05, 0) is 54.5 Å². The summed E-state index contributed by atoms with van der Waals surface area (Å²) in [5.74, 6) is -3.21. The van der Waals surface area contributed by atoms with Crippen molar-refractivity contribution >= 4 is 12.2 Å². The number of amides is 1. The SMILES string of the molecule is O=C1NC[C@]2(C[C@@H]3CC(F)(F)CC[C@H]3[C@@H]2/C=C/c2ccc(-c3cccc(F)c3)cn2)O1. The Hall–Kier alpha value is -2.83. The Labute approximate surface area is 178 Å². The minimum atomic E-state index is -2.65. The van der Waals surface area contributed by atoms with Gasteiger partial charge in [0.15, 0.2) is 0 Å². The summed E-state index contributed by atoms with van der Waals surface area (Å²) in [6.45, 7) is 0.339. The van der Waals surface area contributed by atoms with Crippen molar-refractivity contribution in [1.82, 2.24) is 10.3 Å². The Balaban J connectivity index is 1.39. The Morgan fingerprint density at radius 1 is 1.16 bits per heavy atom. The highest BCUT2D eigenvalue weighted by molar-refractivity contribution is 5.70. The van der Waals surface area contributed by atoms with Gasteiger partial charge in [-0.3, -0.25) is 4.98 Å². The summed E-state index contributed by atoms with van der Waals surface area (Å²) >= 11 is 0. The highest BCUT2D eigenvalue weighted by atomic mass is 19.3. The number of pyridine rings is 1. The van der Waals surface area contributed by atoms with Gasteiger partial charge in [-0.1, -0.05) is 24.3 Å². The van der Waals surface area contributed by atoms with Crippen LogP contribution in [0.1, 0.15) is 31.4 Å². The number of carbonyl (C=O) groups excluding carboxylic acids is 1. The molecule has 4 nitrogen and oxygen atoms in total. The van der Waals surface area contributed by atoms with E-state index in [1.807, 2.05) is 30.4 Å². The van der Waals surface area contributed by atoms with E-state index >= 15 is 0 Å². The summed E-state index contributed by atoms with van der Waals surface area (Å²) in [6, 6.07) is 10.0. The molecule has 2 saturated carbocycles. The first-order valence-corrected chi connectivity index (χ1v) is 10.6. The van der Waals surface area contributed by atoms with Crippen LogP contribution in [-0.4, -0.2) is 29.1 Å². The molecule has 0 bridgehead atoms. The number of aromatic nitrogens is 1. The number of benzene rings is 1. The molecule has 3 fully saturated rings. The van der Waals surface area contributed by atoms with E-state index in [9.17, 15) is 18.0 Å². The normalized spacial score (nSPS) is 31.6. The average Bonchev–Trinajstić information content (AvgIpc) is 3.24. The van der Waals surface area contributed by atoms with Crippen LogP contribution in [0, 0.1) is 23.6 Å². The third-order valence-corrected chi connectivity index (χ3v) is 6.93. The van der Waals surface area contributed by atoms with Gasteiger partial charge in [-0.15, -0.1) is 0 Å². The van der Waals surface area contributed by atoms with Gasteiger partial charge in [0.25, 0.3) is 0 Å². The predicted molar refractivity (Wildman–Crippen MR) is 110 cm³/mol. The first-order chi connectivity index (χ1) is 14.8. The van der Waals surface area contributed by atoms with E-state index in [1.165, 1.54) is 12.1 Å². The first kappa shape index (κ1) is 20.1. The maximum atomic E-state index is 14.0. The highest BCUT2D eigenvalue weighted by Gasteiger charge is 2.60. The second-order valence-corrected chi connectivity index (χ2v) is 8.90.